The number of hydrogen-bond acceptors (Lipinski definition) is 4. The van der Waals surface area contributed by atoms with E-state index < -0.39 is 15.8 Å². The minimum Gasteiger partial charge on any atom is -0.496 e. The van der Waals surface area contributed by atoms with Crippen molar-refractivity contribution in [3.8, 4) is 5.75 Å². The number of benzene rings is 1. The lowest BCUT2D eigenvalue weighted by atomic mass is 9.77. The van der Waals surface area contributed by atoms with Gasteiger partial charge in [0.15, 0.2) is 9.84 Å². The Balaban J connectivity index is 2.68. The van der Waals surface area contributed by atoms with Crippen LogP contribution < -0.4 is 4.74 Å². The molecule has 1 N–H and O–H groups in total. The fourth-order valence-corrected chi connectivity index (χ4v) is 2.93. The van der Waals surface area contributed by atoms with Gasteiger partial charge in [-0.3, -0.25) is 0 Å². The Kier molecular flexibility index (Phi) is 3.54. The number of ether oxygens (including phenoxy) is 1. The van der Waals surface area contributed by atoms with Crippen molar-refractivity contribution in [2.45, 2.75) is 30.1 Å². The van der Waals surface area contributed by atoms with Crippen molar-refractivity contribution in [2.75, 3.05) is 13.4 Å². The predicted octanol–water partition coefficient (Wildman–Crippen LogP) is 2.06. The molecule has 6 heteroatoms. The molecule has 0 bridgehead atoms. The number of rotatable bonds is 4. The van der Waals surface area contributed by atoms with Gasteiger partial charge in [0.1, 0.15) is 5.75 Å². The van der Waals surface area contributed by atoms with Gasteiger partial charge >= 0.3 is 5.97 Å². The topological polar surface area (TPSA) is 80.7 Å². The maximum absolute atomic E-state index is 11.6. The Bertz CT molecular complexity index is 614. The predicted molar refractivity (Wildman–Crippen MR) is 69.7 cm³/mol. The van der Waals surface area contributed by atoms with E-state index in [1.54, 1.807) is 0 Å². The Hall–Kier alpha value is -1.56. The van der Waals surface area contributed by atoms with Crippen LogP contribution in [0.2, 0.25) is 0 Å². The fraction of sp³-hybridized carbons (Fsp3) is 0.462. The normalized spacial score (nSPS) is 15.9. The first-order valence-corrected chi connectivity index (χ1v) is 7.89. The summed E-state index contributed by atoms with van der Waals surface area (Å²) < 4.78 is 28.4. The van der Waals surface area contributed by atoms with Gasteiger partial charge in [0, 0.05) is 11.8 Å². The standard InChI is InChI=1S/C13H16O5S/c1-18-11-7-9(19(2,16)17)6-10(13(14)15)12(11)8-4-3-5-8/h6-8H,3-5H2,1-2H3,(H,14,15). The molecule has 0 atom stereocenters. The summed E-state index contributed by atoms with van der Waals surface area (Å²) >= 11 is 0. The summed E-state index contributed by atoms with van der Waals surface area (Å²) in [5.74, 6) is -0.620. The summed E-state index contributed by atoms with van der Waals surface area (Å²) in [6, 6.07) is 2.64. The largest absolute Gasteiger partial charge is 0.496 e. The van der Waals surface area contributed by atoms with Gasteiger partial charge in [0.05, 0.1) is 17.6 Å². The van der Waals surface area contributed by atoms with Crippen LogP contribution in [-0.4, -0.2) is 32.9 Å². The van der Waals surface area contributed by atoms with Crippen LogP contribution in [0.15, 0.2) is 17.0 Å². The van der Waals surface area contributed by atoms with Gasteiger partial charge in [0.2, 0.25) is 0 Å². The molecular weight excluding hydrogens is 268 g/mol. The minimum atomic E-state index is -3.47. The van der Waals surface area contributed by atoms with Gasteiger partial charge < -0.3 is 9.84 Å². The van der Waals surface area contributed by atoms with Crippen LogP contribution >= 0.6 is 0 Å². The molecule has 2 rings (SSSR count). The molecule has 0 unspecified atom stereocenters. The average molecular weight is 284 g/mol. The van der Waals surface area contributed by atoms with Crippen molar-refractivity contribution in [3.63, 3.8) is 0 Å². The Labute approximate surface area is 112 Å². The van der Waals surface area contributed by atoms with Crippen LogP contribution in [0.4, 0.5) is 0 Å². The highest BCUT2D eigenvalue weighted by Crippen LogP contribution is 2.43. The number of aromatic carboxylic acids is 1. The minimum absolute atomic E-state index is 0.0233. The molecule has 1 aromatic carbocycles. The molecule has 0 amide bonds. The number of methoxy groups -OCH3 is 1. The molecular formula is C13H16O5S. The van der Waals surface area contributed by atoms with Crippen molar-refractivity contribution < 1.29 is 23.1 Å². The lowest BCUT2D eigenvalue weighted by Crippen LogP contribution is -2.16. The van der Waals surface area contributed by atoms with Crippen LogP contribution in [-0.2, 0) is 9.84 Å². The third-order valence-corrected chi connectivity index (χ3v) is 4.60. The number of carboxylic acids is 1. The lowest BCUT2D eigenvalue weighted by Gasteiger charge is -2.29. The molecule has 104 valence electrons. The quantitative estimate of drug-likeness (QED) is 0.915. The van der Waals surface area contributed by atoms with E-state index in [9.17, 15) is 18.3 Å². The zero-order valence-electron chi connectivity index (χ0n) is 10.8. The molecule has 1 aromatic rings. The second-order valence-electron chi connectivity index (χ2n) is 4.79. The summed E-state index contributed by atoms with van der Waals surface area (Å²) in [7, 11) is -2.04. The SMILES string of the molecule is COc1cc(S(C)(=O)=O)cc(C(=O)O)c1C1CCC1. The van der Waals surface area contributed by atoms with E-state index in [0.717, 1.165) is 25.5 Å². The van der Waals surface area contributed by atoms with E-state index in [-0.39, 0.29) is 16.4 Å². The second-order valence-corrected chi connectivity index (χ2v) is 6.81. The van der Waals surface area contributed by atoms with E-state index in [1.165, 1.54) is 19.2 Å². The summed E-state index contributed by atoms with van der Waals surface area (Å²) in [6.45, 7) is 0. The summed E-state index contributed by atoms with van der Waals surface area (Å²) in [6.07, 6.45) is 3.93. The zero-order chi connectivity index (χ0) is 14.2. The summed E-state index contributed by atoms with van der Waals surface area (Å²) in [4.78, 5) is 11.3. The summed E-state index contributed by atoms with van der Waals surface area (Å²) in [5.41, 5.74) is 0.651. The first kappa shape index (κ1) is 13.9. The lowest BCUT2D eigenvalue weighted by molar-refractivity contribution is 0.0693. The Morgan fingerprint density at radius 2 is 2.00 bits per heavy atom. The average Bonchev–Trinajstić information content (AvgIpc) is 2.24. The molecule has 0 spiro atoms. The molecule has 1 fully saturated rings. The van der Waals surface area contributed by atoms with Crippen LogP contribution in [0.25, 0.3) is 0 Å². The molecule has 0 saturated heterocycles. The smallest absolute Gasteiger partial charge is 0.336 e. The highest BCUT2D eigenvalue weighted by Gasteiger charge is 2.29. The molecule has 0 radical (unpaired) electrons. The molecule has 0 heterocycles. The van der Waals surface area contributed by atoms with Gasteiger partial charge in [-0.1, -0.05) is 6.42 Å². The number of carbonyl (C=O) groups is 1. The van der Waals surface area contributed by atoms with Crippen molar-refractivity contribution in [2.24, 2.45) is 0 Å². The molecule has 19 heavy (non-hydrogen) atoms. The van der Waals surface area contributed by atoms with Crippen molar-refractivity contribution in [3.05, 3.63) is 23.3 Å². The van der Waals surface area contributed by atoms with Crippen molar-refractivity contribution >= 4 is 15.8 Å². The second kappa shape index (κ2) is 4.85. The van der Waals surface area contributed by atoms with E-state index in [1.807, 2.05) is 0 Å². The fourth-order valence-electron chi connectivity index (χ4n) is 2.28. The van der Waals surface area contributed by atoms with E-state index >= 15 is 0 Å². The molecule has 5 nitrogen and oxygen atoms in total. The van der Waals surface area contributed by atoms with Crippen molar-refractivity contribution in [1.29, 1.82) is 0 Å². The Morgan fingerprint density at radius 1 is 1.37 bits per heavy atom. The van der Waals surface area contributed by atoms with Gasteiger partial charge in [-0.2, -0.15) is 0 Å². The van der Waals surface area contributed by atoms with Crippen LogP contribution in [0.1, 0.15) is 41.1 Å². The van der Waals surface area contributed by atoms with Crippen LogP contribution in [0.3, 0.4) is 0 Å². The van der Waals surface area contributed by atoms with Gasteiger partial charge in [-0.15, -0.1) is 0 Å². The maximum Gasteiger partial charge on any atom is 0.336 e. The molecule has 0 aromatic heterocycles. The van der Waals surface area contributed by atoms with Gasteiger partial charge in [-0.25, -0.2) is 13.2 Å². The monoisotopic (exact) mass is 284 g/mol. The molecule has 1 aliphatic carbocycles. The first-order valence-electron chi connectivity index (χ1n) is 6.00. The number of sulfone groups is 1. The highest BCUT2D eigenvalue weighted by atomic mass is 32.2. The van der Waals surface area contributed by atoms with Crippen LogP contribution in [0, 0.1) is 0 Å². The van der Waals surface area contributed by atoms with Gasteiger partial charge in [-0.05, 0) is 30.9 Å². The number of hydrogen-bond donors (Lipinski definition) is 1. The summed E-state index contributed by atoms with van der Waals surface area (Å²) in [5, 5.41) is 9.29. The van der Waals surface area contributed by atoms with E-state index in [2.05, 4.69) is 0 Å². The molecule has 0 aliphatic heterocycles. The molecule has 1 aliphatic rings. The van der Waals surface area contributed by atoms with E-state index in [4.69, 9.17) is 4.74 Å². The molecule has 1 saturated carbocycles. The Morgan fingerprint density at radius 3 is 2.37 bits per heavy atom. The number of carboxylic acid groups (broad SMARTS) is 1. The maximum atomic E-state index is 11.6. The zero-order valence-corrected chi connectivity index (χ0v) is 11.7. The highest BCUT2D eigenvalue weighted by molar-refractivity contribution is 7.90. The third kappa shape index (κ3) is 2.58. The van der Waals surface area contributed by atoms with E-state index in [0.29, 0.717) is 11.3 Å². The van der Waals surface area contributed by atoms with Crippen LogP contribution in [0.5, 0.6) is 5.75 Å². The first-order chi connectivity index (χ1) is 8.84. The third-order valence-electron chi connectivity index (χ3n) is 3.51. The van der Waals surface area contributed by atoms with Crippen molar-refractivity contribution in [1.82, 2.24) is 0 Å². The van der Waals surface area contributed by atoms with Gasteiger partial charge in [0.25, 0.3) is 0 Å².